The quantitative estimate of drug-likeness (QED) is 0.135. The molecule has 0 aliphatic heterocycles. The molecule has 9 heteroatoms. The fourth-order valence-corrected chi connectivity index (χ4v) is 3.43. The zero-order valence-corrected chi connectivity index (χ0v) is 20.8. The molecule has 0 saturated heterocycles. The van der Waals surface area contributed by atoms with Gasteiger partial charge in [0.1, 0.15) is 24.2 Å². The molecule has 2 rings (SSSR count). The van der Waals surface area contributed by atoms with E-state index in [2.05, 4.69) is 5.32 Å². The summed E-state index contributed by atoms with van der Waals surface area (Å²) in [5, 5.41) is 20.3. The Labute approximate surface area is 211 Å². The first-order chi connectivity index (χ1) is 17.4. The summed E-state index contributed by atoms with van der Waals surface area (Å²) in [5.74, 6) is 0.664. The van der Waals surface area contributed by atoms with Gasteiger partial charge in [-0.3, -0.25) is 15.3 Å². The van der Waals surface area contributed by atoms with Gasteiger partial charge in [0, 0.05) is 11.8 Å². The van der Waals surface area contributed by atoms with Gasteiger partial charge in [-0.15, -0.1) is 0 Å². The monoisotopic (exact) mass is 498 g/mol. The molecule has 2 aromatic rings. The molecular formula is C27H34N2O7. The maximum Gasteiger partial charge on any atom is 0.412 e. The zero-order chi connectivity index (χ0) is 26.3. The number of rotatable bonds is 13. The Morgan fingerprint density at radius 2 is 1.72 bits per heavy atom. The highest BCUT2D eigenvalue weighted by Crippen LogP contribution is 2.31. The van der Waals surface area contributed by atoms with E-state index < -0.39 is 18.1 Å². The molecular weight excluding hydrogens is 464 g/mol. The molecule has 0 fully saturated rings. The molecule has 0 spiro atoms. The number of allylic oxidation sites excluding steroid dienone is 3. The largest absolute Gasteiger partial charge is 0.497 e. The summed E-state index contributed by atoms with van der Waals surface area (Å²) in [6.45, 7) is 3.87. The number of amides is 2. The van der Waals surface area contributed by atoms with E-state index in [1.165, 1.54) is 6.08 Å². The smallest absolute Gasteiger partial charge is 0.412 e. The predicted octanol–water partition coefficient (Wildman–Crippen LogP) is 4.78. The Bertz CT molecular complexity index is 1020. The number of nitrogens with one attached hydrogen (secondary N) is 2. The fraction of sp³-hybridized carbons (Fsp3) is 0.333. The van der Waals surface area contributed by atoms with Crippen LogP contribution in [-0.2, 0) is 9.53 Å². The van der Waals surface area contributed by atoms with E-state index in [1.807, 2.05) is 25.1 Å². The van der Waals surface area contributed by atoms with Crippen molar-refractivity contribution in [1.82, 2.24) is 5.48 Å². The van der Waals surface area contributed by atoms with Crippen molar-refractivity contribution < 1.29 is 34.1 Å². The molecule has 0 unspecified atom stereocenters. The van der Waals surface area contributed by atoms with Gasteiger partial charge in [-0.2, -0.15) is 0 Å². The molecule has 0 aliphatic carbocycles. The van der Waals surface area contributed by atoms with Crippen LogP contribution in [0.3, 0.4) is 0 Å². The number of aliphatic hydroxyl groups is 1. The van der Waals surface area contributed by atoms with E-state index in [9.17, 15) is 9.59 Å². The molecule has 2 atom stereocenters. The maximum atomic E-state index is 12.7. The molecule has 2 amide bonds. The number of aliphatic hydroxyl groups excluding tert-OH is 1. The van der Waals surface area contributed by atoms with Crippen LogP contribution in [0.15, 0.2) is 72.3 Å². The lowest BCUT2D eigenvalue weighted by Crippen LogP contribution is -2.22. The first kappa shape index (κ1) is 28.4. The number of hydrogen-bond donors (Lipinski definition) is 4. The molecule has 0 heterocycles. The summed E-state index contributed by atoms with van der Waals surface area (Å²) in [5.41, 5.74) is 3.65. The molecule has 4 N–H and O–H groups in total. The number of methoxy groups -OCH3 is 1. The summed E-state index contributed by atoms with van der Waals surface area (Å²) >= 11 is 0. The Balaban J connectivity index is 2.09. The number of ether oxygens (including phenoxy) is 3. The van der Waals surface area contributed by atoms with Gasteiger partial charge in [0.25, 0.3) is 5.91 Å². The third kappa shape index (κ3) is 9.81. The van der Waals surface area contributed by atoms with Crippen molar-refractivity contribution in [3.05, 3.63) is 77.9 Å². The molecule has 0 bridgehead atoms. The highest BCUT2D eigenvalue weighted by atomic mass is 16.6. The molecule has 0 aromatic heterocycles. The van der Waals surface area contributed by atoms with Crippen molar-refractivity contribution in [3.63, 3.8) is 0 Å². The molecule has 194 valence electrons. The number of hydrogen-bond acceptors (Lipinski definition) is 7. The van der Waals surface area contributed by atoms with E-state index in [1.54, 1.807) is 62.0 Å². The van der Waals surface area contributed by atoms with Crippen LogP contribution < -0.4 is 20.3 Å². The van der Waals surface area contributed by atoms with E-state index >= 15 is 0 Å². The van der Waals surface area contributed by atoms with Crippen LogP contribution >= 0.6 is 0 Å². The van der Waals surface area contributed by atoms with Gasteiger partial charge in [0.2, 0.25) is 0 Å². The second-order valence-corrected chi connectivity index (χ2v) is 8.14. The van der Waals surface area contributed by atoms with Crippen LogP contribution in [-0.4, -0.2) is 42.6 Å². The Kier molecular flexibility index (Phi) is 12.0. The van der Waals surface area contributed by atoms with Gasteiger partial charge < -0.3 is 19.3 Å². The minimum Gasteiger partial charge on any atom is -0.497 e. The van der Waals surface area contributed by atoms with Gasteiger partial charge in [-0.05, 0) is 73.2 Å². The molecule has 0 saturated carbocycles. The summed E-state index contributed by atoms with van der Waals surface area (Å²) in [7, 11) is 1.57. The summed E-state index contributed by atoms with van der Waals surface area (Å²) < 4.78 is 16.4. The lowest BCUT2D eigenvalue weighted by Gasteiger charge is -2.25. The second-order valence-electron chi connectivity index (χ2n) is 8.14. The summed E-state index contributed by atoms with van der Waals surface area (Å²) in [4.78, 5) is 23.9. The number of carbonyl (C=O) groups excluding carboxylic acids is 2. The standard InChI is InChI=1S/C27H34N2O7/c1-19(18-25(31)29-33)6-4-5-7-20(2)26(21-8-12-24(13-9-21)35-17-16-30)36-27(32)28-22-10-14-23(34-3)15-11-22/h4,6,8-15,18,20,26,30,33H,5,7,16-17H2,1-3H3,(H,28,32)(H,29,31)/b6-4+,19-18+/t20-,26+/m0/s1. The SMILES string of the molecule is COc1ccc(NC(=O)O[C@@H](c2ccc(OCCO)cc2)[C@@H](C)CC/C=C/C(C)=C/C(=O)NO)cc1. The van der Waals surface area contributed by atoms with Gasteiger partial charge in [0.15, 0.2) is 0 Å². The van der Waals surface area contributed by atoms with E-state index in [0.717, 1.165) is 5.56 Å². The van der Waals surface area contributed by atoms with Crippen LogP contribution in [0.5, 0.6) is 11.5 Å². The average molecular weight is 499 g/mol. The minimum absolute atomic E-state index is 0.0366. The third-order valence-corrected chi connectivity index (χ3v) is 5.29. The normalized spacial score (nSPS) is 13.1. The maximum absolute atomic E-state index is 12.7. The second kappa shape index (κ2) is 15.2. The number of hydroxylamine groups is 1. The Hall–Kier alpha value is -3.82. The van der Waals surface area contributed by atoms with Crippen LogP contribution in [0, 0.1) is 5.92 Å². The van der Waals surface area contributed by atoms with E-state index in [-0.39, 0.29) is 19.1 Å². The molecule has 0 radical (unpaired) electrons. The van der Waals surface area contributed by atoms with Crippen LogP contribution in [0.1, 0.15) is 38.4 Å². The minimum atomic E-state index is -0.590. The fourth-order valence-electron chi connectivity index (χ4n) is 3.43. The highest BCUT2D eigenvalue weighted by Gasteiger charge is 2.23. The van der Waals surface area contributed by atoms with Gasteiger partial charge in [-0.1, -0.05) is 31.2 Å². The topological polar surface area (TPSA) is 126 Å². The Morgan fingerprint density at radius 3 is 2.33 bits per heavy atom. The van der Waals surface area contributed by atoms with Crippen LogP contribution in [0.4, 0.5) is 10.5 Å². The summed E-state index contributed by atoms with van der Waals surface area (Å²) in [6, 6.07) is 14.2. The molecule has 0 aliphatic rings. The van der Waals surface area contributed by atoms with Crippen LogP contribution in [0.2, 0.25) is 0 Å². The zero-order valence-electron chi connectivity index (χ0n) is 20.8. The van der Waals surface area contributed by atoms with Gasteiger partial charge >= 0.3 is 6.09 Å². The lowest BCUT2D eigenvalue weighted by molar-refractivity contribution is -0.124. The van der Waals surface area contributed by atoms with Crippen molar-refractivity contribution in [3.8, 4) is 11.5 Å². The van der Waals surface area contributed by atoms with Crippen molar-refractivity contribution in [1.29, 1.82) is 0 Å². The average Bonchev–Trinajstić information content (AvgIpc) is 2.89. The first-order valence-electron chi connectivity index (χ1n) is 11.6. The van der Waals surface area contributed by atoms with E-state index in [0.29, 0.717) is 35.6 Å². The number of benzene rings is 2. The predicted molar refractivity (Wildman–Crippen MR) is 136 cm³/mol. The van der Waals surface area contributed by atoms with Gasteiger partial charge in [0.05, 0.1) is 13.7 Å². The lowest BCUT2D eigenvalue weighted by atomic mass is 9.93. The summed E-state index contributed by atoms with van der Waals surface area (Å²) in [6.07, 6.45) is 5.29. The van der Waals surface area contributed by atoms with Crippen LogP contribution in [0.25, 0.3) is 0 Å². The molecule has 2 aromatic carbocycles. The first-order valence-corrected chi connectivity index (χ1v) is 11.6. The third-order valence-electron chi connectivity index (χ3n) is 5.29. The molecule has 36 heavy (non-hydrogen) atoms. The Morgan fingerprint density at radius 1 is 1.06 bits per heavy atom. The number of carbonyl (C=O) groups is 2. The van der Waals surface area contributed by atoms with E-state index in [4.69, 9.17) is 24.5 Å². The van der Waals surface area contributed by atoms with Gasteiger partial charge in [-0.25, -0.2) is 10.3 Å². The molecule has 9 nitrogen and oxygen atoms in total. The van der Waals surface area contributed by atoms with Crippen molar-refractivity contribution in [2.45, 2.75) is 32.8 Å². The van der Waals surface area contributed by atoms with Crippen molar-refractivity contribution in [2.75, 3.05) is 25.6 Å². The number of anilines is 1. The highest BCUT2D eigenvalue weighted by molar-refractivity contribution is 5.87. The van der Waals surface area contributed by atoms with Crippen molar-refractivity contribution in [2.24, 2.45) is 5.92 Å². The van der Waals surface area contributed by atoms with Crippen molar-refractivity contribution >= 4 is 17.7 Å².